The van der Waals surface area contributed by atoms with E-state index in [1.807, 2.05) is 6.07 Å². The molecule has 0 aliphatic rings. The lowest BCUT2D eigenvalue weighted by atomic mass is 10.1. The first-order valence-corrected chi connectivity index (χ1v) is 8.37. The van der Waals surface area contributed by atoms with Crippen LogP contribution in [0.3, 0.4) is 0 Å². The van der Waals surface area contributed by atoms with Crippen molar-refractivity contribution in [3.05, 3.63) is 59.7 Å². The van der Waals surface area contributed by atoms with Crippen LogP contribution in [0, 0.1) is 0 Å². The third kappa shape index (κ3) is 5.29. The Kier molecular flexibility index (Phi) is 6.95. The van der Waals surface area contributed by atoms with E-state index in [1.165, 1.54) is 24.0 Å². The van der Waals surface area contributed by atoms with Crippen LogP contribution in [-0.2, 0) is 13.1 Å². The molecular formula is C20H28N2O. The number of methoxy groups -OCH3 is 1. The van der Waals surface area contributed by atoms with Gasteiger partial charge in [0.15, 0.2) is 0 Å². The van der Waals surface area contributed by atoms with Gasteiger partial charge < -0.3 is 15.0 Å². The zero-order valence-electron chi connectivity index (χ0n) is 14.5. The summed E-state index contributed by atoms with van der Waals surface area (Å²) in [5.74, 6) is 0.929. The van der Waals surface area contributed by atoms with Crippen LogP contribution in [0.2, 0.25) is 0 Å². The summed E-state index contributed by atoms with van der Waals surface area (Å²) in [4.78, 5) is 2.22. The SMILES string of the molecule is CCCCNCc1ccc(N(C)Cc2ccccc2)c(OC)c1. The summed E-state index contributed by atoms with van der Waals surface area (Å²) < 4.78 is 5.60. The Hall–Kier alpha value is -2.00. The summed E-state index contributed by atoms with van der Waals surface area (Å²) in [5, 5.41) is 3.47. The summed E-state index contributed by atoms with van der Waals surface area (Å²) in [6, 6.07) is 17.0. The highest BCUT2D eigenvalue weighted by Gasteiger charge is 2.09. The first-order chi connectivity index (χ1) is 11.2. The predicted molar refractivity (Wildman–Crippen MR) is 98.2 cm³/mol. The molecule has 0 saturated heterocycles. The van der Waals surface area contributed by atoms with Crippen molar-refractivity contribution in [3.8, 4) is 5.75 Å². The van der Waals surface area contributed by atoms with Gasteiger partial charge in [-0.2, -0.15) is 0 Å². The number of rotatable bonds is 9. The number of nitrogens with zero attached hydrogens (tertiary/aromatic N) is 1. The highest BCUT2D eigenvalue weighted by molar-refractivity contribution is 5.59. The van der Waals surface area contributed by atoms with Gasteiger partial charge in [0.2, 0.25) is 0 Å². The highest BCUT2D eigenvalue weighted by Crippen LogP contribution is 2.29. The summed E-state index contributed by atoms with van der Waals surface area (Å²) in [7, 11) is 3.84. The Morgan fingerprint density at radius 1 is 1.04 bits per heavy atom. The minimum Gasteiger partial charge on any atom is -0.495 e. The van der Waals surface area contributed by atoms with Crippen molar-refractivity contribution in [1.29, 1.82) is 0 Å². The molecule has 0 fully saturated rings. The topological polar surface area (TPSA) is 24.5 Å². The van der Waals surface area contributed by atoms with Crippen LogP contribution in [0.5, 0.6) is 5.75 Å². The molecule has 0 spiro atoms. The fourth-order valence-corrected chi connectivity index (χ4v) is 2.62. The number of ether oxygens (including phenoxy) is 1. The van der Waals surface area contributed by atoms with Crippen LogP contribution < -0.4 is 15.0 Å². The van der Waals surface area contributed by atoms with E-state index in [0.29, 0.717) is 0 Å². The molecular weight excluding hydrogens is 284 g/mol. The molecule has 0 amide bonds. The monoisotopic (exact) mass is 312 g/mol. The molecule has 2 aromatic rings. The Bertz CT molecular complexity index is 583. The zero-order valence-corrected chi connectivity index (χ0v) is 14.5. The van der Waals surface area contributed by atoms with Crippen molar-refractivity contribution < 1.29 is 4.74 Å². The molecule has 0 unspecified atom stereocenters. The third-order valence-corrected chi connectivity index (χ3v) is 3.95. The fraction of sp³-hybridized carbons (Fsp3) is 0.400. The molecule has 0 bridgehead atoms. The average Bonchev–Trinajstić information content (AvgIpc) is 2.59. The van der Waals surface area contributed by atoms with Gasteiger partial charge in [-0.1, -0.05) is 49.7 Å². The van der Waals surface area contributed by atoms with Crippen molar-refractivity contribution in [1.82, 2.24) is 5.32 Å². The van der Waals surface area contributed by atoms with Crippen molar-refractivity contribution in [2.45, 2.75) is 32.9 Å². The third-order valence-electron chi connectivity index (χ3n) is 3.95. The molecule has 23 heavy (non-hydrogen) atoms. The van der Waals surface area contributed by atoms with Crippen molar-refractivity contribution in [2.24, 2.45) is 0 Å². The van der Waals surface area contributed by atoms with Gasteiger partial charge in [0.1, 0.15) is 5.75 Å². The highest BCUT2D eigenvalue weighted by atomic mass is 16.5. The van der Waals surface area contributed by atoms with Crippen molar-refractivity contribution in [3.63, 3.8) is 0 Å². The van der Waals surface area contributed by atoms with Gasteiger partial charge in [0, 0.05) is 20.1 Å². The molecule has 3 heteroatoms. The smallest absolute Gasteiger partial charge is 0.142 e. The largest absolute Gasteiger partial charge is 0.495 e. The van der Waals surface area contributed by atoms with Crippen LogP contribution in [0.1, 0.15) is 30.9 Å². The van der Waals surface area contributed by atoms with Crippen molar-refractivity contribution >= 4 is 5.69 Å². The van der Waals surface area contributed by atoms with Crippen LogP contribution in [0.4, 0.5) is 5.69 Å². The molecule has 0 atom stereocenters. The number of hydrogen-bond donors (Lipinski definition) is 1. The lowest BCUT2D eigenvalue weighted by Crippen LogP contribution is -2.18. The van der Waals surface area contributed by atoms with Crippen LogP contribution in [0.25, 0.3) is 0 Å². The fourth-order valence-electron chi connectivity index (χ4n) is 2.62. The molecule has 124 valence electrons. The standard InChI is InChI=1S/C20H28N2O/c1-4-5-13-21-15-18-11-12-19(20(14-18)23-3)22(2)16-17-9-7-6-8-10-17/h6-12,14,21H,4-5,13,15-16H2,1-3H3. The molecule has 0 heterocycles. The lowest BCUT2D eigenvalue weighted by Gasteiger charge is -2.22. The lowest BCUT2D eigenvalue weighted by molar-refractivity contribution is 0.414. The summed E-state index contributed by atoms with van der Waals surface area (Å²) >= 11 is 0. The van der Waals surface area contributed by atoms with Gasteiger partial charge in [-0.25, -0.2) is 0 Å². The molecule has 0 saturated carbocycles. The quantitative estimate of drug-likeness (QED) is 0.702. The van der Waals surface area contributed by atoms with E-state index in [1.54, 1.807) is 7.11 Å². The van der Waals surface area contributed by atoms with E-state index in [4.69, 9.17) is 4.74 Å². The maximum atomic E-state index is 5.60. The van der Waals surface area contributed by atoms with Gasteiger partial charge in [0.25, 0.3) is 0 Å². The molecule has 0 aliphatic heterocycles. The Morgan fingerprint density at radius 2 is 1.83 bits per heavy atom. The van der Waals surface area contributed by atoms with E-state index in [2.05, 4.69) is 66.7 Å². The summed E-state index contributed by atoms with van der Waals surface area (Å²) in [6.45, 7) is 5.03. The van der Waals surface area contributed by atoms with Gasteiger partial charge in [0.05, 0.1) is 12.8 Å². The molecule has 1 N–H and O–H groups in total. The van der Waals surface area contributed by atoms with E-state index < -0.39 is 0 Å². The number of nitrogens with one attached hydrogen (secondary N) is 1. The number of unbranched alkanes of at least 4 members (excludes halogenated alkanes) is 1. The van der Waals surface area contributed by atoms with Crippen LogP contribution >= 0.6 is 0 Å². The zero-order chi connectivity index (χ0) is 16.5. The number of benzene rings is 2. The first-order valence-electron chi connectivity index (χ1n) is 8.37. The minimum absolute atomic E-state index is 0.866. The number of hydrogen-bond acceptors (Lipinski definition) is 3. The second-order valence-electron chi connectivity index (χ2n) is 5.88. The Morgan fingerprint density at radius 3 is 2.52 bits per heavy atom. The van der Waals surface area contributed by atoms with Crippen molar-refractivity contribution in [2.75, 3.05) is 25.6 Å². The predicted octanol–water partition coefficient (Wildman–Crippen LogP) is 4.22. The van der Waals surface area contributed by atoms with Crippen LogP contribution in [0.15, 0.2) is 48.5 Å². The Labute approximate surface area is 140 Å². The summed E-state index contributed by atoms with van der Waals surface area (Å²) in [6.07, 6.45) is 2.44. The van der Waals surface area contributed by atoms with Gasteiger partial charge >= 0.3 is 0 Å². The van der Waals surface area contributed by atoms with Gasteiger partial charge in [-0.15, -0.1) is 0 Å². The van der Waals surface area contributed by atoms with Crippen LogP contribution in [-0.4, -0.2) is 20.7 Å². The molecule has 2 rings (SSSR count). The Balaban J connectivity index is 2.03. The second kappa shape index (κ2) is 9.21. The normalized spacial score (nSPS) is 10.6. The van der Waals surface area contributed by atoms with E-state index >= 15 is 0 Å². The molecule has 0 aromatic heterocycles. The first kappa shape index (κ1) is 17.4. The molecule has 2 aromatic carbocycles. The van der Waals surface area contributed by atoms with E-state index in [9.17, 15) is 0 Å². The minimum atomic E-state index is 0.866. The summed E-state index contributed by atoms with van der Waals surface area (Å²) in [5.41, 5.74) is 3.67. The van der Waals surface area contributed by atoms with Gasteiger partial charge in [-0.3, -0.25) is 0 Å². The maximum absolute atomic E-state index is 5.60. The molecule has 0 radical (unpaired) electrons. The maximum Gasteiger partial charge on any atom is 0.142 e. The second-order valence-corrected chi connectivity index (χ2v) is 5.88. The molecule has 3 nitrogen and oxygen atoms in total. The molecule has 0 aliphatic carbocycles. The average molecular weight is 312 g/mol. The van der Waals surface area contributed by atoms with E-state index in [-0.39, 0.29) is 0 Å². The van der Waals surface area contributed by atoms with E-state index in [0.717, 1.165) is 31.1 Å². The number of anilines is 1. The van der Waals surface area contributed by atoms with Gasteiger partial charge in [-0.05, 0) is 36.2 Å².